The summed E-state index contributed by atoms with van der Waals surface area (Å²) < 4.78 is 0. The van der Waals surface area contributed by atoms with Crippen molar-refractivity contribution in [2.75, 3.05) is 73.4 Å². The summed E-state index contributed by atoms with van der Waals surface area (Å²) in [5.41, 5.74) is 120. The maximum absolute atomic E-state index is 7.59. The quantitative estimate of drug-likeness (QED) is 0.0263. The van der Waals surface area contributed by atoms with Gasteiger partial charge in [0.2, 0.25) is 47.7 Å². The highest BCUT2D eigenvalue weighted by Gasteiger charge is 2.10. The molecule has 0 saturated heterocycles. The van der Waals surface area contributed by atoms with Gasteiger partial charge in [0.15, 0.2) is 59.6 Å². The second-order valence-electron chi connectivity index (χ2n) is 28.3. The molecule has 0 radical (unpaired) electrons. The van der Waals surface area contributed by atoms with E-state index in [0.717, 1.165) is 73.1 Å². The Morgan fingerprint density at radius 1 is 0.250 bits per heavy atom. The molecule has 0 heterocycles. The number of aliphatic imine (C=N–C) groups is 12. The Morgan fingerprint density at radius 2 is 0.529 bits per heavy atom. The van der Waals surface area contributed by atoms with E-state index in [4.69, 9.17) is 153 Å². The number of anilines is 1. The van der Waals surface area contributed by atoms with Crippen LogP contribution in [0.1, 0.15) is 51.8 Å². The van der Waals surface area contributed by atoms with Crippen molar-refractivity contribution in [3.63, 3.8) is 0 Å². The highest BCUT2D eigenvalue weighted by Crippen LogP contribution is 2.13. The van der Waals surface area contributed by atoms with Gasteiger partial charge in [-0.25, -0.2) is 15.0 Å². The molecular weight excluding hydrogens is 1720 g/mol. The Kier molecular flexibility index (Phi) is 58.4. The third kappa shape index (κ3) is 59.6. The summed E-state index contributed by atoms with van der Waals surface area (Å²) in [6.45, 7) is 4.23. The van der Waals surface area contributed by atoms with Gasteiger partial charge in [-0.1, -0.05) is 249 Å². The third-order valence-corrected chi connectivity index (χ3v) is 17.1. The molecule has 45 nitrogen and oxygen atoms in total. The Balaban J connectivity index is 0.000000765. The lowest BCUT2D eigenvalue weighted by Crippen LogP contribution is -2.42. The van der Waals surface area contributed by atoms with Crippen LogP contribution in [0.5, 0.6) is 0 Å². The van der Waals surface area contributed by atoms with Gasteiger partial charge in [-0.3, -0.25) is 52.2 Å². The number of benzene rings is 9. The van der Waals surface area contributed by atoms with E-state index in [1.54, 1.807) is 61.9 Å². The van der Waals surface area contributed by atoms with Crippen molar-refractivity contribution in [3.8, 4) is 0 Å². The van der Waals surface area contributed by atoms with Crippen LogP contribution in [0.2, 0.25) is 0 Å². The van der Waals surface area contributed by atoms with Crippen LogP contribution in [0.3, 0.4) is 0 Å². The highest BCUT2D eigenvalue weighted by atomic mass is 15.3. The van der Waals surface area contributed by atoms with E-state index in [1.165, 1.54) is 32.1 Å². The number of guanidine groups is 18. The minimum atomic E-state index is -0.137. The molecule has 0 aliphatic heterocycles. The van der Waals surface area contributed by atoms with Crippen LogP contribution in [-0.2, 0) is 45.3 Å². The van der Waals surface area contributed by atoms with Gasteiger partial charge in [0.25, 0.3) is 0 Å². The molecule has 0 spiro atoms. The first kappa shape index (κ1) is 116. The second-order valence-corrected chi connectivity index (χ2v) is 28.3. The number of para-hydroxylation sites is 2. The molecule has 9 aromatic rings. The molecule has 0 amide bonds. The van der Waals surface area contributed by atoms with Crippen molar-refractivity contribution < 1.29 is 0 Å². The average molecular weight is 1860 g/mol. The number of likely N-dealkylation sites (N-methyl/N-ethyl adjacent to an activating group) is 1. The summed E-state index contributed by atoms with van der Waals surface area (Å²) in [6.07, 6.45) is 5.52. The molecule has 0 atom stereocenters. The Hall–Kier alpha value is -18.4. The number of nitrogens with one attached hydrogen (secondary N) is 6. The first-order valence-electron chi connectivity index (χ1n) is 41.6. The summed E-state index contributed by atoms with van der Waals surface area (Å²) >= 11 is 0. The molecule has 9 aromatic carbocycles. The first-order valence-corrected chi connectivity index (χ1v) is 41.6. The fourth-order valence-corrected chi connectivity index (χ4v) is 9.99. The van der Waals surface area contributed by atoms with Crippen LogP contribution in [0.25, 0.3) is 0 Å². The van der Waals surface area contributed by atoms with E-state index in [0.29, 0.717) is 39.3 Å². The van der Waals surface area contributed by atoms with E-state index in [2.05, 4.69) is 96.3 Å². The molecular formula is C91H137N45. The predicted octanol–water partition coefficient (Wildman–Crippen LogP) is 2.37. The maximum Gasteiger partial charge on any atom is 0.225 e. The van der Waals surface area contributed by atoms with E-state index in [-0.39, 0.29) is 107 Å². The van der Waals surface area contributed by atoms with E-state index >= 15 is 0 Å². The van der Waals surface area contributed by atoms with Crippen molar-refractivity contribution >= 4 is 119 Å². The van der Waals surface area contributed by atoms with Gasteiger partial charge in [0.05, 0.1) is 18.8 Å². The van der Waals surface area contributed by atoms with Crippen LogP contribution < -0.4 is 125 Å². The van der Waals surface area contributed by atoms with Gasteiger partial charge in [0.1, 0.15) is 0 Å². The van der Waals surface area contributed by atoms with Crippen LogP contribution >= 0.6 is 0 Å². The lowest BCUT2D eigenvalue weighted by atomic mass is 10.1. The van der Waals surface area contributed by atoms with Crippen molar-refractivity contribution in [1.29, 1.82) is 32.5 Å². The van der Waals surface area contributed by atoms with Gasteiger partial charge >= 0.3 is 0 Å². The largest absolute Gasteiger partial charge is 0.370 e. The number of aryl methyl sites for hydroxylation is 2. The van der Waals surface area contributed by atoms with Crippen LogP contribution in [0.4, 0.5) is 11.4 Å². The Labute approximate surface area is 795 Å². The van der Waals surface area contributed by atoms with Crippen molar-refractivity contribution in [1.82, 2.24) is 24.5 Å². The molecule has 48 N–H and O–H groups in total. The number of hydrogen-bond donors (Lipinski definition) is 27. The fourth-order valence-electron chi connectivity index (χ4n) is 9.99. The lowest BCUT2D eigenvalue weighted by molar-refractivity contribution is 0.480. The number of hydrogen-bond acceptors (Lipinski definition) is 11. The molecule has 0 fully saturated rings. The molecule has 0 unspecified atom stereocenters. The van der Waals surface area contributed by atoms with E-state index in [9.17, 15) is 0 Å². The second kappa shape index (κ2) is 68.7. The first-order chi connectivity index (χ1) is 64.6. The van der Waals surface area contributed by atoms with Crippen LogP contribution in [-0.4, -0.2) is 200 Å². The molecule has 136 heavy (non-hydrogen) atoms. The van der Waals surface area contributed by atoms with Gasteiger partial charge in [-0.15, -0.1) is 0 Å². The van der Waals surface area contributed by atoms with Crippen LogP contribution in [0.15, 0.2) is 333 Å². The Morgan fingerprint density at radius 3 is 0.897 bits per heavy atom. The van der Waals surface area contributed by atoms with Gasteiger partial charge < -0.3 is 140 Å². The summed E-state index contributed by atoms with van der Waals surface area (Å²) in [5.74, 6) is 0.164. The lowest BCUT2D eigenvalue weighted by Gasteiger charge is -2.16. The highest BCUT2D eigenvalue weighted by molar-refractivity contribution is 6.01. The summed E-state index contributed by atoms with van der Waals surface area (Å²) in [6, 6.07) is 88.5. The normalized spacial score (nSPS) is 10.4. The minimum Gasteiger partial charge on any atom is -0.370 e. The fraction of sp³-hybridized carbons (Fsp3) is 0.209. The van der Waals surface area contributed by atoms with Gasteiger partial charge in [-0.2, -0.15) is 34.9 Å². The third-order valence-electron chi connectivity index (χ3n) is 17.1. The minimum absolute atomic E-state index is 0.0104. The molecule has 726 valence electrons. The summed E-state index contributed by atoms with van der Waals surface area (Å²) in [5, 5.41) is 44.5. The predicted molar refractivity (Wildman–Crippen MR) is 563 cm³/mol. The van der Waals surface area contributed by atoms with Gasteiger partial charge in [0, 0.05) is 80.7 Å². The van der Waals surface area contributed by atoms with E-state index in [1.807, 2.05) is 237 Å². The molecule has 0 aliphatic carbocycles. The van der Waals surface area contributed by atoms with Crippen molar-refractivity contribution in [2.45, 2.75) is 58.2 Å². The molecule has 0 aliphatic rings. The van der Waals surface area contributed by atoms with Crippen molar-refractivity contribution in [2.24, 2.45) is 180 Å². The SMILES string of the molecule is CN(C(=N)N)C(N)=NCc1ccccc1.CN(C(=N)N)C(N)=Nc1ccccc1.CN(C(=N)N=C(N)N)c1ccccc1.CN(CCCc1ccccc1)C(=N)N=C(N)N.CN(CCc1ccccc1)C(=N)N=C(N)N.CN(Cc1ccccc1)C(=N)N=C(N)N.NC(N)=NC(N)=NCCCc1ccccc1.NC(N)=NC(N)=NCCc1ccccc1.NC(N)=NC(N)=NCc1ccccc1. The van der Waals surface area contributed by atoms with Crippen molar-refractivity contribution in [3.05, 3.63) is 312 Å². The van der Waals surface area contributed by atoms with Crippen LogP contribution in [0, 0.1) is 32.5 Å². The smallest absolute Gasteiger partial charge is 0.225 e. The topological polar surface area (TPSA) is 857 Å². The number of nitrogens with zero attached hydrogens (tertiary/aromatic N) is 18. The summed E-state index contributed by atoms with van der Waals surface area (Å²) in [7, 11) is 10.3. The average Bonchev–Trinajstić information content (AvgIpc) is 0.867. The molecule has 9 rings (SSSR count). The zero-order valence-electron chi connectivity index (χ0n) is 77.8. The number of rotatable bonds is 22. The summed E-state index contributed by atoms with van der Waals surface area (Å²) in [4.78, 5) is 55.0. The van der Waals surface area contributed by atoms with Gasteiger partial charge in [-0.05, 0) is 102 Å². The Bertz CT molecular complexity index is 5300. The molecule has 0 aromatic heterocycles. The zero-order chi connectivity index (χ0) is 102. The van der Waals surface area contributed by atoms with E-state index < -0.39 is 0 Å². The molecule has 0 saturated carbocycles. The monoisotopic (exact) mass is 1860 g/mol. The molecule has 45 heteroatoms. The zero-order valence-corrected chi connectivity index (χ0v) is 77.8. The standard InChI is InChI=1S/C12H19N5.2C11H17N5.3C10H15N5.3C9H13N5/c1-17(12(15)16-11(13)14)9-5-8-10-6-3-2-4-7-10;1-16(11(14)15-10(12)13)8-7-9-5-3-2-4-6-9;12-10(13)16-11(14)15-8-4-7-9-5-2-1-3-6-9;1-15(10(13)14-9(11)12)7-8-5-3-2-4-6-8;1-15(9(11)12)10(13)14-7-8-5-3-2-4-6-8;11-9(12)15-10(13)14-7-6-8-4-2-1-3-5-8;1-14(9(12)13-8(10)11)7-5-3-2-4-6-7;1-14(8(10)11)9(12)13-7-5-3-2-4-6-7;10-8(11)14-9(12)13-6-7-4-2-1-3-5-7/h2-4,6-7H,5,8-9H2,1H3,(H5,13,14,15,16);2-6H,7-8H2,1H3,(H5,12,13,14,15);1-3,5-6H,4,7-8H2,(H6,12,13,14,15,16);2-6H,7H2,1H3,(H5,11,12,13,14);2-6H,7H2,1H3,(H3,11,12)(H2,13,14);1-5H,6-7H2,(H6,11,12,13,14,15);2-6H,1H3,(H5,10,11,12,13);2-6H,1H3,(H3,10,11)(H2,12,13);1-5H,6H2,(H6,10,11,12,13,14). The maximum atomic E-state index is 7.59. The molecule has 0 bridgehead atoms. The number of nitrogens with two attached hydrogens (primary N) is 21.